The van der Waals surface area contributed by atoms with Gasteiger partial charge >= 0.3 is 0 Å². The van der Waals surface area contributed by atoms with Crippen molar-refractivity contribution in [2.75, 3.05) is 17.2 Å². The molecule has 3 rings (SSSR count). The first-order valence-electron chi connectivity index (χ1n) is 7.53. The van der Waals surface area contributed by atoms with Crippen LogP contribution in [0.25, 0.3) is 0 Å². The van der Waals surface area contributed by atoms with Crippen molar-refractivity contribution in [3.8, 4) is 0 Å². The number of rotatable bonds is 3. The van der Waals surface area contributed by atoms with Gasteiger partial charge in [0.05, 0.1) is 5.41 Å². The van der Waals surface area contributed by atoms with Gasteiger partial charge in [-0.25, -0.2) is 0 Å². The van der Waals surface area contributed by atoms with Gasteiger partial charge in [0.1, 0.15) is 0 Å². The molecule has 0 atom stereocenters. The van der Waals surface area contributed by atoms with Gasteiger partial charge in [0.15, 0.2) is 0 Å². The van der Waals surface area contributed by atoms with E-state index in [1.807, 2.05) is 30.9 Å². The number of para-hydroxylation sites is 1. The minimum absolute atomic E-state index is 0.215. The fourth-order valence-corrected chi connectivity index (χ4v) is 4.20. The summed E-state index contributed by atoms with van der Waals surface area (Å²) in [6.45, 7) is 4.90. The fraction of sp³-hybridized carbons (Fsp3) is 0.588. The summed E-state index contributed by atoms with van der Waals surface area (Å²) in [6, 6.07) is 8.24. The molecule has 1 aromatic carbocycles. The maximum Gasteiger partial charge on any atom is 0.237 e. The van der Waals surface area contributed by atoms with Gasteiger partial charge in [-0.15, -0.1) is 0 Å². The topological polar surface area (TPSA) is 20.3 Å². The molecule has 1 aliphatic carbocycles. The minimum Gasteiger partial charge on any atom is -0.311 e. The molecule has 1 fully saturated rings. The summed E-state index contributed by atoms with van der Waals surface area (Å²) in [5, 5.41) is 0. The van der Waals surface area contributed by atoms with Crippen LogP contribution >= 0.6 is 12.6 Å². The lowest BCUT2D eigenvalue weighted by Crippen LogP contribution is -2.43. The van der Waals surface area contributed by atoms with Gasteiger partial charge in [0.25, 0.3) is 0 Å². The normalized spacial score (nSPS) is 23.1. The summed E-state index contributed by atoms with van der Waals surface area (Å²) in [5.41, 5.74) is 2.09. The molecule has 0 saturated heterocycles. The highest BCUT2D eigenvalue weighted by molar-refractivity contribution is 7.80. The van der Waals surface area contributed by atoms with E-state index in [-0.39, 0.29) is 11.3 Å². The van der Waals surface area contributed by atoms with Gasteiger partial charge in [-0.05, 0) is 49.5 Å². The summed E-state index contributed by atoms with van der Waals surface area (Å²) in [6.07, 6.45) is 4.94. The predicted octanol–water partition coefficient (Wildman–Crippen LogP) is 3.80. The van der Waals surface area contributed by atoms with Crippen LogP contribution in [0.5, 0.6) is 0 Å². The maximum atomic E-state index is 12.8. The number of fused-ring (bicyclic) bond motifs is 1. The fourth-order valence-electron chi connectivity index (χ4n) is 3.78. The van der Waals surface area contributed by atoms with Crippen LogP contribution in [0.3, 0.4) is 0 Å². The molecule has 1 aliphatic heterocycles. The number of anilines is 1. The first-order valence-corrected chi connectivity index (χ1v) is 8.16. The minimum atomic E-state index is -0.396. The van der Waals surface area contributed by atoms with Crippen LogP contribution in [-0.4, -0.2) is 18.2 Å². The van der Waals surface area contributed by atoms with E-state index in [0.29, 0.717) is 0 Å². The van der Waals surface area contributed by atoms with Crippen LogP contribution in [0, 0.1) is 5.41 Å². The highest BCUT2D eigenvalue weighted by atomic mass is 32.1. The Morgan fingerprint density at radius 2 is 1.85 bits per heavy atom. The molecule has 20 heavy (non-hydrogen) atoms. The molecule has 1 heterocycles. The van der Waals surface area contributed by atoms with E-state index in [0.717, 1.165) is 23.5 Å². The molecule has 3 heteroatoms. The lowest BCUT2D eigenvalue weighted by atomic mass is 9.86. The molecule has 0 aromatic heterocycles. The van der Waals surface area contributed by atoms with Crippen LogP contribution in [0.1, 0.15) is 45.1 Å². The Morgan fingerprint density at radius 3 is 2.50 bits per heavy atom. The van der Waals surface area contributed by atoms with Crippen molar-refractivity contribution in [1.82, 2.24) is 0 Å². The molecule has 1 aromatic rings. The number of hydrogen-bond acceptors (Lipinski definition) is 2. The van der Waals surface area contributed by atoms with Crippen molar-refractivity contribution >= 4 is 24.2 Å². The van der Waals surface area contributed by atoms with Gasteiger partial charge < -0.3 is 4.90 Å². The van der Waals surface area contributed by atoms with Crippen molar-refractivity contribution in [3.05, 3.63) is 29.8 Å². The van der Waals surface area contributed by atoms with E-state index in [2.05, 4.69) is 24.8 Å². The third-order valence-corrected chi connectivity index (χ3v) is 5.81. The summed E-state index contributed by atoms with van der Waals surface area (Å²) < 4.78 is 0. The Labute approximate surface area is 127 Å². The van der Waals surface area contributed by atoms with Crippen LogP contribution in [0.2, 0.25) is 0 Å². The van der Waals surface area contributed by atoms with Crippen molar-refractivity contribution in [2.45, 2.75) is 44.9 Å². The second kappa shape index (κ2) is 4.80. The lowest BCUT2D eigenvalue weighted by molar-refractivity contribution is -0.122. The van der Waals surface area contributed by atoms with Crippen molar-refractivity contribution in [1.29, 1.82) is 0 Å². The van der Waals surface area contributed by atoms with E-state index >= 15 is 0 Å². The van der Waals surface area contributed by atoms with Crippen LogP contribution < -0.4 is 4.90 Å². The molecule has 2 aliphatic rings. The number of carbonyl (C=O) groups is 1. The van der Waals surface area contributed by atoms with Crippen molar-refractivity contribution in [3.63, 3.8) is 0 Å². The molecule has 0 spiro atoms. The summed E-state index contributed by atoms with van der Waals surface area (Å²) >= 11 is 4.58. The average Bonchev–Trinajstić information content (AvgIpc) is 2.99. The first kappa shape index (κ1) is 14.0. The molecule has 0 unspecified atom stereocenters. The van der Waals surface area contributed by atoms with Gasteiger partial charge in [-0.3, -0.25) is 4.79 Å². The van der Waals surface area contributed by atoms with Crippen molar-refractivity contribution < 1.29 is 4.79 Å². The molecule has 108 valence electrons. The quantitative estimate of drug-likeness (QED) is 0.839. The molecule has 0 bridgehead atoms. The number of thiol groups is 1. The van der Waals surface area contributed by atoms with E-state index in [1.54, 1.807) is 0 Å². The molecular formula is C17H23NOS. The first-order chi connectivity index (χ1) is 9.50. The zero-order chi connectivity index (χ0) is 14.4. The summed E-state index contributed by atoms with van der Waals surface area (Å²) in [4.78, 5) is 14.9. The summed E-state index contributed by atoms with van der Waals surface area (Å²) in [7, 11) is 0. The van der Waals surface area contributed by atoms with Gasteiger partial charge in [-0.2, -0.15) is 12.6 Å². The molecule has 0 N–H and O–H groups in total. The maximum absolute atomic E-state index is 12.8. The molecular weight excluding hydrogens is 266 g/mol. The average molecular weight is 289 g/mol. The van der Waals surface area contributed by atoms with Crippen LogP contribution in [0.4, 0.5) is 5.69 Å². The highest BCUT2D eigenvalue weighted by Crippen LogP contribution is 2.46. The van der Waals surface area contributed by atoms with E-state index in [4.69, 9.17) is 0 Å². The molecule has 1 amide bonds. The Morgan fingerprint density at radius 1 is 1.20 bits per heavy atom. The number of benzene rings is 1. The van der Waals surface area contributed by atoms with Gasteiger partial charge in [0, 0.05) is 12.2 Å². The van der Waals surface area contributed by atoms with E-state index in [9.17, 15) is 4.79 Å². The third-order valence-electron chi connectivity index (χ3n) is 5.14. The Hall–Kier alpha value is -0.960. The largest absolute Gasteiger partial charge is 0.311 e. The lowest BCUT2D eigenvalue weighted by Gasteiger charge is -2.33. The Balaban J connectivity index is 1.96. The predicted molar refractivity (Wildman–Crippen MR) is 86.6 cm³/mol. The van der Waals surface area contributed by atoms with Gasteiger partial charge in [-0.1, -0.05) is 31.0 Å². The second-order valence-electron chi connectivity index (χ2n) is 6.90. The van der Waals surface area contributed by atoms with Crippen LogP contribution in [0.15, 0.2) is 24.3 Å². The number of amides is 1. The van der Waals surface area contributed by atoms with Gasteiger partial charge in [0.2, 0.25) is 5.91 Å². The smallest absolute Gasteiger partial charge is 0.237 e. The molecule has 0 radical (unpaired) electrons. The number of carbonyl (C=O) groups excluding carboxylic acids is 1. The highest BCUT2D eigenvalue weighted by Gasteiger charge is 2.46. The standard InChI is InChI=1S/C17H23NOS/c1-16(2)13-7-3-4-8-14(13)18(15(16)19)11-17(12-20)9-5-6-10-17/h3-4,7-8,20H,5-6,9-12H2,1-2H3. The number of nitrogens with zero attached hydrogens (tertiary/aromatic N) is 1. The Kier molecular flexibility index (Phi) is 3.36. The number of hydrogen-bond donors (Lipinski definition) is 1. The molecule has 1 saturated carbocycles. The monoisotopic (exact) mass is 289 g/mol. The third kappa shape index (κ3) is 1.98. The van der Waals surface area contributed by atoms with E-state index in [1.165, 1.54) is 25.7 Å². The second-order valence-corrected chi connectivity index (χ2v) is 7.21. The Bertz CT molecular complexity index is 532. The SMILES string of the molecule is CC1(C)C(=O)N(CC2(CS)CCCC2)c2ccccc21. The van der Waals surface area contributed by atoms with E-state index < -0.39 is 5.41 Å². The van der Waals surface area contributed by atoms with Crippen LogP contribution in [-0.2, 0) is 10.2 Å². The van der Waals surface area contributed by atoms with Crippen molar-refractivity contribution in [2.24, 2.45) is 5.41 Å². The summed E-state index contributed by atoms with van der Waals surface area (Å²) in [5.74, 6) is 1.12. The molecule has 2 nitrogen and oxygen atoms in total. The zero-order valence-corrected chi connectivity index (χ0v) is 13.2. The zero-order valence-electron chi connectivity index (χ0n) is 12.4.